The molecule has 7 nitrogen and oxygen atoms in total. The molecule has 0 unspecified atom stereocenters. The normalized spacial score (nSPS) is 13.2. The second kappa shape index (κ2) is 7.76. The van der Waals surface area contributed by atoms with E-state index in [9.17, 15) is 9.90 Å². The van der Waals surface area contributed by atoms with Gasteiger partial charge >= 0.3 is 6.03 Å². The maximum absolute atomic E-state index is 12.1. The van der Waals surface area contributed by atoms with Gasteiger partial charge < -0.3 is 29.5 Å². The van der Waals surface area contributed by atoms with Crippen LogP contribution in [0, 0.1) is 0 Å². The van der Waals surface area contributed by atoms with Gasteiger partial charge in [-0.25, -0.2) is 4.79 Å². The Morgan fingerprint density at radius 3 is 2.80 bits per heavy atom. The molecule has 2 amide bonds. The van der Waals surface area contributed by atoms with Crippen molar-refractivity contribution in [2.45, 2.75) is 6.10 Å². The van der Waals surface area contributed by atoms with E-state index in [1.165, 1.54) is 4.90 Å². The molecule has 0 saturated carbocycles. The Bertz CT molecular complexity index is 723. The van der Waals surface area contributed by atoms with Gasteiger partial charge in [0.25, 0.3) is 0 Å². The Labute approximate surface area is 145 Å². The molecule has 1 heterocycles. The van der Waals surface area contributed by atoms with E-state index >= 15 is 0 Å². The van der Waals surface area contributed by atoms with Crippen molar-refractivity contribution >= 4 is 11.7 Å². The van der Waals surface area contributed by atoms with E-state index in [0.717, 1.165) is 0 Å². The molecule has 0 fully saturated rings. The molecule has 7 heteroatoms. The first-order valence-corrected chi connectivity index (χ1v) is 7.89. The third-order valence-electron chi connectivity index (χ3n) is 3.64. The molecule has 2 aromatic carbocycles. The minimum absolute atomic E-state index is 0.0581. The van der Waals surface area contributed by atoms with Gasteiger partial charge in [-0.1, -0.05) is 18.2 Å². The first-order valence-electron chi connectivity index (χ1n) is 7.89. The summed E-state index contributed by atoms with van der Waals surface area (Å²) in [6.07, 6.45) is -0.822. The molecular formula is C18H20N2O5. The number of benzene rings is 2. The Hall–Kier alpha value is -2.93. The summed E-state index contributed by atoms with van der Waals surface area (Å²) in [6.45, 7) is 0.397. The second-order valence-corrected chi connectivity index (χ2v) is 5.66. The van der Waals surface area contributed by atoms with Gasteiger partial charge in [0, 0.05) is 18.8 Å². The van der Waals surface area contributed by atoms with Gasteiger partial charge in [0.1, 0.15) is 18.5 Å². The maximum Gasteiger partial charge on any atom is 0.321 e. The molecule has 0 spiro atoms. The topological polar surface area (TPSA) is 80.3 Å². The van der Waals surface area contributed by atoms with E-state index in [1.807, 2.05) is 18.2 Å². The van der Waals surface area contributed by atoms with Crippen LogP contribution in [0.5, 0.6) is 17.2 Å². The Morgan fingerprint density at radius 1 is 1.24 bits per heavy atom. The number of hydrogen-bond acceptors (Lipinski definition) is 5. The minimum atomic E-state index is -0.822. The predicted molar refractivity (Wildman–Crippen MR) is 92.2 cm³/mol. The van der Waals surface area contributed by atoms with Crippen LogP contribution >= 0.6 is 0 Å². The number of urea groups is 1. The molecule has 1 atom stereocenters. The highest BCUT2D eigenvalue weighted by atomic mass is 16.7. The zero-order valence-electron chi connectivity index (χ0n) is 13.8. The third-order valence-corrected chi connectivity index (χ3v) is 3.64. The molecule has 3 rings (SSSR count). The number of rotatable bonds is 6. The molecule has 0 bridgehead atoms. The van der Waals surface area contributed by atoms with Crippen molar-refractivity contribution in [2.75, 3.05) is 32.3 Å². The number of aliphatic hydroxyl groups excluding tert-OH is 1. The van der Waals surface area contributed by atoms with Gasteiger partial charge in [0.05, 0.1) is 6.54 Å². The van der Waals surface area contributed by atoms with E-state index in [4.69, 9.17) is 14.2 Å². The standard InChI is InChI=1S/C18H20N2O5/c1-20(18(22)19-13-5-3-2-4-6-13)10-14(21)11-23-15-7-8-16-17(9-15)25-12-24-16/h2-9,14,21H,10-12H2,1H3,(H,19,22)/t14-/m0/s1. The number of nitrogens with one attached hydrogen (secondary N) is 1. The Morgan fingerprint density at radius 2 is 2.00 bits per heavy atom. The number of ether oxygens (including phenoxy) is 3. The van der Waals surface area contributed by atoms with Crippen molar-refractivity contribution in [1.82, 2.24) is 4.90 Å². The monoisotopic (exact) mass is 344 g/mol. The number of anilines is 1. The van der Waals surface area contributed by atoms with Crippen LogP contribution in [0.2, 0.25) is 0 Å². The summed E-state index contributed by atoms with van der Waals surface area (Å²) < 4.78 is 16.0. The number of para-hydroxylation sites is 1. The van der Waals surface area contributed by atoms with Gasteiger partial charge in [0.15, 0.2) is 11.5 Å². The molecule has 132 valence electrons. The van der Waals surface area contributed by atoms with Crippen LogP contribution in [0.4, 0.5) is 10.5 Å². The lowest BCUT2D eigenvalue weighted by Gasteiger charge is -2.21. The van der Waals surface area contributed by atoms with Gasteiger partial charge in [0.2, 0.25) is 6.79 Å². The second-order valence-electron chi connectivity index (χ2n) is 5.66. The van der Waals surface area contributed by atoms with Crippen molar-refractivity contribution in [3.05, 3.63) is 48.5 Å². The van der Waals surface area contributed by atoms with Gasteiger partial charge in [-0.3, -0.25) is 0 Å². The van der Waals surface area contributed by atoms with E-state index in [2.05, 4.69) is 5.32 Å². The number of nitrogens with zero attached hydrogens (tertiary/aromatic N) is 1. The summed E-state index contributed by atoms with van der Waals surface area (Å²) >= 11 is 0. The van der Waals surface area contributed by atoms with E-state index in [1.54, 1.807) is 37.4 Å². The highest BCUT2D eigenvalue weighted by Crippen LogP contribution is 2.35. The van der Waals surface area contributed by atoms with Crippen molar-refractivity contribution in [2.24, 2.45) is 0 Å². The summed E-state index contributed by atoms with van der Waals surface area (Å²) in [5, 5.41) is 12.8. The van der Waals surface area contributed by atoms with Crippen LogP contribution in [0.3, 0.4) is 0 Å². The van der Waals surface area contributed by atoms with Crippen molar-refractivity contribution < 1.29 is 24.1 Å². The summed E-state index contributed by atoms with van der Waals surface area (Å²) in [6, 6.07) is 14.0. The van der Waals surface area contributed by atoms with Crippen LogP contribution in [-0.2, 0) is 0 Å². The van der Waals surface area contributed by atoms with E-state index < -0.39 is 6.10 Å². The number of fused-ring (bicyclic) bond motifs is 1. The number of hydrogen-bond donors (Lipinski definition) is 2. The van der Waals surface area contributed by atoms with E-state index in [0.29, 0.717) is 22.9 Å². The average Bonchev–Trinajstić information content (AvgIpc) is 3.08. The first kappa shape index (κ1) is 16.9. The Kier molecular flexibility index (Phi) is 5.25. The molecule has 25 heavy (non-hydrogen) atoms. The van der Waals surface area contributed by atoms with Crippen LogP contribution in [0.15, 0.2) is 48.5 Å². The number of carbonyl (C=O) groups excluding carboxylic acids is 1. The van der Waals surface area contributed by atoms with Crippen LogP contribution in [-0.4, -0.2) is 49.1 Å². The lowest BCUT2D eigenvalue weighted by atomic mass is 10.3. The molecule has 1 aliphatic heterocycles. The lowest BCUT2D eigenvalue weighted by molar-refractivity contribution is 0.0849. The highest BCUT2D eigenvalue weighted by Gasteiger charge is 2.16. The number of likely N-dealkylation sites (N-methyl/N-ethyl adjacent to an activating group) is 1. The molecule has 0 aromatic heterocycles. The summed E-state index contributed by atoms with van der Waals surface area (Å²) in [5.41, 5.74) is 0.699. The fourth-order valence-electron chi connectivity index (χ4n) is 2.35. The molecule has 2 aromatic rings. The van der Waals surface area contributed by atoms with Crippen LogP contribution in [0.1, 0.15) is 0 Å². The van der Waals surface area contributed by atoms with Crippen molar-refractivity contribution in [3.63, 3.8) is 0 Å². The largest absolute Gasteiger partial charge is 0.491 e. The summed E-state index contributed by atoms with van der Waals surface area (Å²) in [5.74, 6) is 1.86. The third kappa shape index (κ3) is 4.54. The lowest BCUT2D eigenvalue weighted by Crippen LogP contribution is -2.39. The molecule has 0 saturated heterocycles. The molecular weight excluding hydrogens is 324 g/mol. The zero-order valence-corrected chi connectivity index (χ0v) is 13.8. The number of carbonyl (C=O) groups is 1. The summed E-state index contributed by atoms with van der Waals surface area (Å²) in [4.78, 5) is 13.5. The molecule has 1 aliphatic rings. The average molecular weight is 344 g/mol. The van der Waals surface area contributed by atoms with Crippen molar-refractivity contribution in [3.8, 4) is 17.2 Å². The van der Waals surface area contributed by atoms with Gasteiger partial charge in [-0.2, -0.15) is 0 Å². The molecule has 2 N–H and O–H groups in total. The van der Waals surface area contributed by atoms with Crippen LogP contribution < -0.4 is 19.5 Å². The maximum atomic E-state index is 12.1. The van der Waals surface area contributed by atoms with Gasteiger partial charge in [-0.05, 0) is 24.3 Å². The molecule has 0 radical (unpaired) electrons. The SMILES string of the molecule is CN(C[C@H](O)COc1ccc2c(c1)OCO2)C(=O)Nc1ccccc1. The first-order chi connectivity index (χ1) is 12.1. The zero-order chi connectivity index (χ0) is 17.6. The van der Waals surface area contributed by atoms with Gasteiger partial charge in [-0.15, -0.1) is 0 Å². The highest BCUT2D eigenvalue weighted by molar-refractivity contribution is 5.89. The number of amides is 2. The minimum Gasteiger partial charge on any atom is -0.491 e. The van der Waals surface area contributed by atoms with Crippen molar-refractivity contribution in [1.29, 1.82) is 0 Å². The molecule has 0 aliphatic carbocycles. The Balaban J connectivity index is 1.45. The summed E-state index contributed by atoms with van der Waals surface area (Å²) in [7, 11) is 1.61. The predicted octanol–water partition coefficient (Wildman–Crippen LogP) is 2.32. The quantitative estimate of drug-likeness (QED) is 0.841. The smallest absolute Gasteiger partial charge is 0.321 e. The fraction of sp³-hybridized carbons (Fsp3) is 0.278. The fourth-order valence-corrected chi connectivity index (χ4v) is 2.35. The van der Waals surface area contributed by atoms with E-state index in [-0.39, 0.29) is 26.0 Å². The van der Waals surface area contributed by atoms with Crippen LogP contribution in [0.25, 0.3) is 0 Å². The number of aliphatic hydroxyl groups is 1.